The monoisotopic (exact) mass is 892 g/mol. The van der Waals surface area contributed by atoms with Gasteiger partial charge in [-0.1, -0.05) is 19.9 Å². The van der Waals surface area contributed by atoms with Crippen molar-refractivity contribution >= 4 is 52.5 Å². The summed E-state index contributed by atoms with van der Waals surface area (Å²) in [7, 11) is 3.72. The zero-order chi connectivity index (χ0) is 46.2. The molecule has 17 heteroatoms. The number of aliphatic hydroxyl groups excluding tert-OH is 1. The number of pyridine rings is 3. The van der Waals surface area contributed by atoms with Crippen LogP contribution in [-0.2, 0) is 49.2 Å². The fourth-order valence-electron chi connectivity index (χ4n) is 10.6. The Balaban J connectivity index is 0.779. The number of hydrogen-bond acceptors (Lipinski definition) is 12. The predicted molar refractivity (Wildman–Crippen MR) is 245 cm³/mol. The number of fused-ring (bicyclic) bond motifs is 4. The molecular formula is C49H52N10O7. The normalized spacial score (nSPS) is 19.4. The number of nitrogens with zero attached hydrogens (tertiary/aromatic N) is 8. The zero-order valence-electron chi connectivity index (χ0n) is 37.5. The van der Waals surface area contributed by atoms with Crippen LogP contribution < -0.4 is 26.0 Å². The minimum absolute atomic E-state index is 0.0704. The molecule has 0 bridgehead atoms. The molecule has 1 aromatic carbocycles. The number of aromatic nitrogens is 4. The number of aryl methyl sites for hydroxylation is 1. The Kier molecular flexibility index (Phi) is 10.7. The molecule has 5 aromatic rings. The predicted octanol–water partition coefficient (Wildman–Crippen LogP) is 4.17. The Morgan fingerprint density at radius 3 is 2.39 bits per heavy atom. The number of hydrogen-bond donors (Lipinski definition) is 3. The molecule has 2 fully saturated rings. The number of aliphatic hydroxyl groups is 1. The van der Waals surface area contributed by atoms with Gasteiger partial charge < -0.3 is 24.5 Å². The molecule has 3 N–H and O–H groups in total. The summed E-state index contributed by atoms with van der Waals surface area (Å²) in [5, 5.41) is 16.2. The number of amides is 5. The van der Waals surface area contributed by atoms with Crippen molar-refractivity contribution in [1.29, 1.82) is 0 Å². The molecule has 5 amide bonds. The summed E-state index contributed by atoms with van der Waals surface area (Å²) in [6, 6.07) is 13.9. The van der Waals surface area contributed by atoms with Crippen LogP contribution in [0.1, 0.15) is 93.1 Å². The van der Waals surface area contributed by atoms with Crippen molar-refractivity contribution in [3.05, 3.63) is 117 Å². The third kappa shape index (κ3) is 7.54. The summed E-state index contributed by atoms with van der Waals surface area (Å²) in [5.74, 6) is -1.31. The van der Waals surface area contributed by atoms with E-state index >= 15 is 0 Å². The summed E-state index contributed by atoms with van der Waals surface area (Å²) < 4.78 is 3.64. The van der Waals surface area contributed by atoms with Gasteiger partial charge in [-0.3, -0.25) is 48.8 Å². The van der Waals surface area contributed by atoms with E-state index in [1.807, 2.05) is 31.3 Å². The molecule has 66 heavy (non-hydrogen) atoms. The Labute approximate surface area is 381 Å². The minimum atomic E-state index is -1.00. The number of anilines is 4. The first kappa shape index (κ1) is 42.9. The first-order chi connectivity index (χ1) is 31.7. The molecule has 340 valence electrons. The number of carbonyl (C=O) groups is 5. The van der Waals surface area contributed by atoms with E-state index in [1.165, 1.54) is 15.8 Å². The Morgan fingerprint density at radius 2 is 1.65 bits per heavy atom. The van der Waals surface area contributed by atoms with Crippen LogP contribution in [0.5, 0.6) is 0 Å². The van der Waals surface area contributed by atoms with Crippen LogP contribution in [0.4, 0.5) is 23.0 Å². The molecule has 0 radical (unpaired) electrons. The molecule has 8 heterocycles. The van der Waals surface area contributed by atoms with Crippen molar-refractivity contribution in [3.63, 3.8) is 0 Å². The van der Waals surface area contributed by atoms with Crippen molar-refractivity contribution in [1.82, 2.24) is 34.2 Å². The fraction of sp³-hybridized carbons (Fsp3) is 0.388. The van der Waals surface area contributed by atoms with Gasteiger partial charge in [0, 0.05) is 81.4 Å². The lowest BCUT2D eigenvalue weighted by atomic mass is 9.90. The van der Waals surface area contributed by atoms with E-state index in [9.17, 15) is 33.9 Å². The lowest BCUT2D eigenvalue weighted by Crippen LogP contribution is -2.54. The molecule has 4 aliphatic heterocycles. The van der Waals surface area contributed by atoms with E-state index in [0.717, 1.165) is 54.9 Å². The highest BCUT2D eigenvalue weighted by molar-refractivity contribution is 6.23. The smallest absolute Gasteiger partial charge is 0.276 e. The molecule has 17 nitrogen and oxygen atoms in total. The van der Waals surface area contributed by atoms with E-state index in [0.29, 0.717) is 59.3 Å². The first-order valence-corrected chi connectivity index (χ1v) is 22.5. The van der Waals surface area contributed by atoms with Crippen LogP contribution in [0.2, 0.25) is 0 Å². The maximum atomic E-state index is 14.0. The van der Waals surface area contributed by atoms with Crippen LogP contribution in [0.3, 0.4) is 0 Å². The lowest BCUT2D eigenvalue weighted by molar-refractivity contribution is -0.136. The van der Waals surface area contributed by atoms with Crippen molar-refractivity contribution in [2.45, 2.75) is 84.2 Å². The number of rotatable bonds is 10. The SMILES string of the molecule is CN(Cc1ccc2c(c1)C(=O)N(C1CCC(=O)NC1=O)C2=O)C1CCN(c2ccc(Nc3cc(-c4ccnc(N5CCn6c(cc7c6CC(C)(C)C7)C5=O)c4CO)cn(C)c3=O)nc2)CC1. The van der Waals surface area contributed by atoms with Gasteiger partial charge in [-0.2, -0.15) is 0 Å². The van der Waals surface area contributed by atoms with Crippen LogP contribution in [-0.4, -0.2) is 102 Å². The molecule has 0 spiro atoms. The number of carbonyl (C=O) groups excluding carboxylic acids is 5. The Morgan fingerprint density at radius 1 is 0.864 bits per heavy atom. The van der Waals surface area contributed by atoms with E-state index in [-0.39, 0.29) is 53.5 Å². The molecule has 1 unspecified atom stereocenters. The average molecular weight is 893 g/mol. The summed E-state index contributed by atoms with van der Waals surface area (Å²) in [6.07, 6.45) is 8.97. The average Bonchev–Trinajstić information content (AvgIpc) is 3.89. The van der Waals surface area contributed by atoms with Gasteiger partial charge >= 0.3 is 0 Å². The van der Waals surface area contributed by atoms with Gasteiger partial charge in [0.15, 0.2) is 0 Å². The molecule has 0 saturated carbocycles. The maximum absolute atomic E-state index is 14.0. The van der Waals surface area contributed by atoms with E-state index in [2.05, 4.69) is 48.8 Å². The maximum Gasteiger partial charge on any atom is 0.276 e. The molecule has 1 atom stereocenters. The minimum Gasteiger partial charge on any atom is -0.392 e. The molecule has 10 rings (SSSR count). The Hall–Kier alpha value is -6.98. The topological polar surface area (TPSA) is 195 Å². The number of benzene rings is 1. The van der Waals surface area contributed by atoms with E-state index in [1.54, 1.807) is 54.8 Å². The van der Waals surface area contributed by atoms with Gasteiger partial charge in [0.1, 0.15) is 29.1 Å². The quantitative estimate of drug-likeness (QED) is 0.170. The summed E-state index contributed by atoms with van der Waals surface area (Å²) >= 11 is 0. The number of piperidine rings is 2. The van der Waals surface area contributed by atoms with Gasteiger partial charge in [0.25, 0.3) is 23.3 Å². The standard InChI is InChI=1S/C49H52N10O7/c1-49(2)22-29-21-39-48(66)58(18-17-57(39)40(29)23-49)43-36(27-60)33(11-14-50-43)30-20-37(47(65)55(4)26-30)52-41-9-6-32(24-51-41)56-15-12-31(13-16-56)54(3)25-28-5-7-34-35(19-28)46(64)59(45(34)63)38-8-10-42(61)53-44(38)62/h5-7,9,11,14,19-21,24,26,31,38,60H,8,10,12-13,15-18,22-23,25,27H2,1-4H3,(H,51,52)(H,53,61,62). The summed E-state index contributed by atoms with van der Waals surface area (Å²) in [5.41, 5.74) is 7.54. The van der Waals surface area contributed by atoms with Gasteiger partial charge in [-0.05, 0) is 104 Å². The first-order valence-electron chi connectivity index (χ1n) is 22.5. The van der Waals surface area contributed by atoms with Crippen LogP contribution >= 0.6 is 0 Å². The van der Waals surface area contributed by atoms with Crippen molar-refractivity contribution in [2.24, 2.45) is 12.5 Å². The summed E-state index contributed by atoms with van der Waals surface area (Å²) in [4.78, 5) is 94.6. The van der Waals surface area contributed by atoms with Crippen LogP contribution in [0.25, 0.3) is 11.1 Å². The van der Waals surface area contributed by atoms with Crippen LogP contribution in [0.15, 0.2) is 71.9 Å². The van der Waals surface area contributed by atoms with Gasteiger partial charge in [0.2, 0.25) is 11.8 Å². The second kappa shape index (κ2) is 16.5. The summed E-state index contributed by atoms with van der Waals surface area (Å²) in [6.45, 7) is 7.37. The molecular weight excluding hydrogens is 841 g/mol. The largest absolute Gasteiger partial charge is 0.392 e. The van der Waals surface area contributed by atoms with Crippen LogP contribution in [0, 0.1) is 5.41 Å². The zero-order valence-corrected chi connectivity index (χ0v) is 37.5. The van der Waals surface area contributed by atoms with E-state index in [4.69, 9.17) is 0 Å². The highest BCUT2D eigenvalue weighted by Crippen LogP contribution is 2.40. The van der Waals surface area contributed by atoms with Gasteiger partial charge in [0.05, 0.1) is 29.6 Å². The second-order valence-corrected chi connectivity index (χ2v) is 19.0. The van der Waals surface area contributed by atoms with Crippen molar-refractivity contribution in [2.75, 3.05) is 41.8 Å². The molecule has 1 aliphatic carbocycles. The van der Waals surface area contributed by atoms with E-state index < -0.39 is 29.7 Å². The van der Waals surface area contributed by atoms with Crippen molar-refractivity contribution in [3.8, 4) is 11.1 Å². The lowest BCUT2D eigenvalue weighted by Gasteiger charge is -2.37. The number of imide groups is 2. The second-order valence-electron chi connectivity index (χ2n) is 19.0. The fourth-order valence-corrected chi connectivity index (χ4v) is 10.6. The Bertz CT molecular complexity index is 2910. The third-order valence-electron chi connectivity index (χ3n) is 14.0. The van der Waals surface area contributed by atoms with Gasteiger partial charge in [-0.15, -0.1) is 0 Å². The molecule has 5 aliphatic rings. The van der Waals surface area contributed by atoms with Gasteiger partial charge in [-0.25, -0.2) is 9.97 Å². The highest BCUT2D eigenvalue weighted by Gasteiger charge is 2.45. The highest BCUT2D eigenvalue weighted by atomic mass is 16.3. The van der Waals surface area contributed by atoms with Crippen molar-refractivity contribution < 1.29 is 29.1 Å². The third-order valence-corrected chi connectivity index (χ3v) is 14.0. The molecule has 4 aromatic heterocycles. The number of nitrogens with one attached hydrogen (secondary N) is 2. The molecule has 2 saturated heterocycles.